The van der Waals surface area contributed by atoms with Gasteiger partial charge < -0.3 is 19.5 Å². The van der Waals surface area contributed by atoms with E-state index < -0.39 is 5.91 Å². The van der Waals surface area contributed by atoms with E-state index in [9.17, 15) is 10.1 Å². The third-order valence-electron chi connectivity index (χ3n) is 4.72. The lowest BCUT2D eigenvalue weighted by molar-refractivity contribution is -0.112. The first-order chi connectivity index (χ1) is 16.4. The zero-order valence-electron chi connectivity index (χ0n) is 17.2. The molecule has 3 aromatic rings. The molecule has 1 aliphatic heterocycles. The fourth-order valence-electron chi connectivity index (χ4n) is 3.09. The number of carbonyl (C=O) groups is 1. The maximum absolute atomic E-state index is 12.6. The number of halogens is 4. The summed E-state index contributed by atoms with van der Waals surface area (Å²) in [6, 6.07) is 15.5. The highest BCUT2D eigenvalue weighted by Gasteiger charge is 2.16. The standard InChI is InChI=1S/C24H14BrCl3N2O4/c25-16-7-14(6-15(10-29)24(31)30-19-3-1-2-17(26)22(19)28)8-18(27)23(16)32-11-13-4-5-20-21(9-13)34-12-33-20/h1-9H,11-12H2,(H,30,31)/b15-6-. The monoisotopic (exact) mass is 578 g/mol. The molecule has 0 bridgehead atoms. The number of hydrogen-bond donors (Lipinski definition) is 1. The Morgan fingerprint density at radius 3 is 2.68 bits per heavy atom. The number of nitriles is 1. The van der Waals surface area contributed by atoms with Gasteiger partial charge in [-0.2, -0.15) is 5.26 Å². The molecule has 34 heavy (non-hydrogen) atoms. The molecule has 0 spiro atoms. The number of benzene rings is 3. The van der Waals surface area contributed by atoms with Crippen molar-refractivity contribution in [2.75, 3.05) is 12.1 Å². The van der Waals surface area contributed by atoms with Crippen molar-refractivity contribution in [1.29, 1.82) is 5.26 Å². The van der Waals surface area contributed by atoms with Gasteiger partial charge >= 0.3 is 0 Å². The van der Waals surface area contributed by atoms with Crippen molar-refractivity contribution in [1.82, 2.24) is 0 Å². The number of hydrogen-bond acceptors (Lipinski definition) is 5. The summed E-state index contributed by atoms with van der Waals surface area (Å²) in [6.07, 6.45) is 1.41. The van der Waals surface area contributed by atoms with Gasteiger partial charge in [-0.15, -0.1) is 0 Å². The van der Waals surface area contributed by atoms with Crippen LogP contribution in [0.4, 0.5) is 5.69 Å². The lowest BCUT2D eigenvalue weighted by Gasteiger charge is -2.12. The molecule has 1 aliphatic rings. The highest BCUT2D eigenvalue weighted by atomic mass is 79.9. The van der Waals surface area contributed by atoms with Crippen LogP contribution in [0, 0.1) is 11.3 Å². The zero-order chi connectivity index (χ0) is 24.2. The minimum atomic E-state index is -0.637. The molecule has 3 aromatic carbocycles. The number of amides is 1. The number of fused-ring (bicyclic) bond motifs is 1. The van der Waals surface area contributed by atoms with Gasteiger partial charge in [0.2, 0.25) is 6.79 Å². The SMILES string of the molecule is N#C/C(=C/c1cc(Cl)c(OCc2ccc3c(c2)OCO3)c(Br)c1)C(=O)Nc1cccc(Cl)c1Cl. The van der Waals surface area contributed by atoms with Crippen LogP contribution in [0.5, 0.6) is 17.2 Å². The van der Waals surface area contributed by atoms with Crippen LogP contribution in [0.2, 0.25) is 15.1 Å². The second-order valence-corrected chi connectivity index (χ2v) is 9.06. The fourth-order valence-corrected chi connectivity index (χ4v) is 4.43. The van der Waals surface area contributed by atoms with Gasteiger partial charge in [0.25, 0.3) is 5.91 Å². The second-order valence-electron chi connectivity index (χ2n) is 7.02. The first-order valence-corrected chi connectivity index (χ1v) is 11.7. The van der Waals surface area contributed by atoms with Crippen molar-refractivity contribution in [2.45, 2.75) is 6.61 Å². The molecule has 6 nitrogen and oxygen atoms in total. The van der Waals surface area contributed by atoms with Crippen molar-refractivity contribution < 1.29 is 19.0 Å². The smallest absolute Gasteiger partial charge is 0.266 e. The van der Waals surface area contributed by atoms with E-state index in [2.05, 4.69) is 21.2 Å². The minimum Gasteiger partial charge on any atom is -0.486 e. The van der Waals surface area contributed by atoms with Gasteiger partial charge in [0.05, 0.1) is 25.2 Å². The predicted molar refractivity (Wildman–Crippen MR) is 135 cm³/mol. The molecular formula is C24H14BrCl3N2O4. The van der Waals surface area contributed by atoms with E-state index in [-0.39, 0.29) is 29.0 Å². The molecule has 0 saturated carbocycles. The van der Waals surface area contributed by atoms with Crippen LogP contribution in [0.1, 0.15) is 11.1 Å². The molecule has 172 valence electrons. The van der Waals surface area contributed by atoms with E-state index in [0.29, 0.717) is 38.0 Å². The minimum absolute atomic E-state index is 0.145. The van der Waals surface area contributed by atoms with Gasteiger partial charge in [0.1, 0.15) is 18.2 Å². The topological polar surface area (TPSA) is 80.6 Å². The number of nitrogens with one attached hydrogen (secondary N) is 1. The number of carbonyl (C=O) groups excluding carboxylic acids is 1. The highest BCUT2D eigenvalue weighted by Crippen LogP contribution is 2.37. The lowest BCUT2D eigenvalue weighted by atomic mass is 10.1. The Morgan fingerprint density at radius 2 is 1.91 bits per heavy atom. The Bertz CT molecular complexity index is 1330. The Labute approximate surface area is 218 Å². The number of anilines is 1. The number of rotatable bonds is 6. The van der Waals surface area contributed by atoms with Crippen LogP contribution >= 0.6 is 50.7 Å². The fraction of sp³-hybridized carbons (Fsp3) is 0.0833. The lowest BCUT2D eigenvalue weighted by Crippen LogP contribution is -2.13. The van der Waals surface area contributed by atoms with Crippen molar-refractivity contribution in [3.63, 3.8) is 0 Å². The summed E-state index contributed by atoms with van der Waals surface area (Å²) in [4.78, 5) is 12.6. The third kappa shape index (κ3) is 5.43. The van der Waals surface area contributed by atoms with E-state index >= 15 is 0 Å². The third-order valence-corrected chi connectivity index (χ3v) is 6.41. The van der Waals surface area contributed by atoms with Crippen LogP contribution in [0.3, 0.4) is 0 Å². The Kier molecular flexibility index (Phi) is 7.54. The van der Waals surface area contributed by atoms with Gasteiger partial charge in [-0.05, 0) is 69.5 Å². The largest absolute Gasteiger partial charge is 0.486 e. The van der Waals surface area contributed by atoms with Crippen molar-refractivity contribution in [2.24, 2.45) is 0 Å². The predicted octanol–water partition coefficient (Wildman–Crippen LogP) is 7.26. The average Bonchev–Trinajstić information content (AvgIpc) is 3.28. The Balaban J connectivity index is 1.50. The van der Waals surface area contributed by atoms with E-state index in [1.54, 1.807) is 30.3 Å². The van der Waals surface area contributed by atoms with Crippen molar-refractivity contribution >= 4 is 68.4 Å². The summed E-state index contributed by atoms with van der Waals surface area (Å²) in [5.41, 5.74) is 1.55. The molecule has 10 heteroatoms. The molecule has 0 saturated heterocycles. The van der Waals surface area contributed by atoms with Crippen LogP contribution in [-0.4, -0.2) is 12.7 Å². The van der Waals surface area contributed by atoms with Gasteiger partial charge in [-0.1, -0.05) is 46.9 Å². The summed E-state index contributed by atoms with van der Waals surface area (Å²) in [5.74, 6) is 1.13. The van der Waals surface area contributed by atoms with Crippen LogP contribution < -0.4 is 19.5 Å². The summed E-state index contributed by atoms with van der Waals surface area (Å²) < 4.78 is 17.1. The van der Waals surface area contributed by atoms with Gasteiger partial charge in [-0.3, -0.25) is 4.79 Å². The van der Waals surface area contributed by atoms with Crippen LogP contribution in [-0.2, 0) is 11.4 Å². The summed E-state index contributed by atoms with van der Waals surface area (Å²) >= 11 is 21.9. The van der Waals surface area contributed by atoms with E-state index in [1.807, 2.05) is 24.3 Å². The molecule has 1 heterocycles. The Hall–Kier alpha value is -2.89. The first-order valence-electron chi connectivity index (χ1n) is 9.73. The quantitative estimate of drug-likeness (QED) is 0.245. The molecule has 0 radical (unpaired) electrons. The van der Waals surface area contributed by atoms with Crippen LogP contribution in [0.15, 0.2) is 58.6 Å². The average molecular weight is 581 g/mol. The summed E-state index contributed by atoms with van der Waals surface area (Å²) in [5, 5.41) is 12.9. The normalized spacial score (nSPS) is 12.3. The Morgan fingerprint density at radius 1 is 1.12 bits per heavy atom. The van der Waals surface area contributed by atoms with Crippen molar-refractivity contribution in [3.05, 3.63) is 84.8 Å². The van der Waals surface area contributed by atoms with E-state index in [4.69, 9.17) is 49.0 Å². The number of ether oxygens (including phenoxy) is 3. The highest BCUT2D eigenvalue weighted by molar-refractivity contribution is 9.10. The van der Waals surface area contributed by atoms with Crippen molar-refractivity contribution in [3.8, 4) is 23.3 Å². The number of nitrogens with zero attached hydrogens (tertiary/aromatic N) is 1. The van der Waals surface area contributed by atoms with Crippen LogP contribution in [0.25, 0.3) is 6.08 Å². The summed E-state index contributed by atoms with van der Waals surface area (Å²) in [7, 11) is 0. The molecule has 0 aliphatic carbocycles. The first kappa shape index (κ1) is 24.2. The van der Waals surface area contributed by atoms with Gasteiger partial charge in [0.15, 0.2) is 17.2 Å². The molecular weight excluding hydrogens is 567 g/mol. The molecule has 4 rings (SSSR count). The summed E-state index contributed by atoms with van der Waals surface area (Å²) in [6.45, 7) is 0.442. The molecule has 0 fully saturated rings. The maximum atomic E-state index is 12.6. The van der Waals surface area contributed by atoms with E-state index in [1.165, 1.54) is 6.08 Å². The van der Waals surface area contributed by atoms with Gasteiger partial charge in [0, 0.05) is 0 Å². The maximum Gasteiger partial charge on any atom is 0.266 e. The molecule has 1 amide bonds. The zero-order valence-corrected chi connectivity index (χ0v) is 21.1. The molecule has 0 unspecified atom stereocenters. The van der Waals surface area contributed by atoms with Gasteiger partial charge in [-0.25, -0.2) is 0 Å². The molecule has 0 atom stereocenters. The second kappa shape index (κ2) is 10.6. The molecule has 1 N–H and O–H groups in total. The molecule has 0 aromatic heterocycles. The van der Waals surface area contributed by atoms with E-state index in [0.717, 1.165) is 5.56 Å².